The third-order valence-corrected chi connectivity index (χ3v) is 12.3. The first kappa shape index (κ1) is 29.1. The second kappa shape index (κ2) is 12.0. The van der Waals surface area contributed by atoms with E-state index < -0.39 is 0 Å². The molecule has 0 saturated heterocycles. The maximum absolute atomic E-state index is 2.42. The average molecular weight is 671 g/mol. The minimum Gasteiger partial charge on any atom is -0.135 e. The molecule has 0 aliphatic carbocycles. The molecule has 0 fully saturated rings. The molecule has 2 heteroatoms. The van der Waals surface area contributed by atoms with Crippen LogP contribution in [0, 0.1) is 0 Å². The van der Waals surface area contributed by atoms with Crippen LogP contribution in [-0.2, 0) is 0 Å². The largest absolute Gasteiger partial charge is 0.135 e. The molecule has 0 saturated carbocycles. The van der Waals surface area contributed by atoms with Gasteiger partial charge in [-0.05, 0) is 104 Å². The normalized spacial score (nSPS) is 11.6. The molecule has 0 amide bonds. The van der Waals surface area contributed by atoms with Crippen LogP contribution < -0.4 is 0 Å². The third-order valence-electron chi connectivity index (χ3n) is 9.84. The van der Waals surface area contributed by atoms with Crippen molar-refractivity contribution in [2.45, 2.75) is 0 Å². The standard InChI is InChI=1S/C48H30S2/c1-3-13-31(14-4-1)33-25-34(32-15-5-2-6-16-32)27-35(26-33)36-28-37(39-19-11-21-43-41-17-7-9-23-45(41)49-47(39)43)30-38(29-36)40-20-12-22-44-42-18-8-10-24-46(42)50-48(40)44/h1-30H. The van der Waals surface area contributed by atoms with Crippen molar-refractivity contribution in [3.8, 4) is 55.6 Å². The molecule has 0 bridgehead atoms. The third kappa shape index (κ3) is 4.96. The molecular weight excluding hydrogens is 641 g/mol. The van der Waals surface area contributed by atoms with Crippen LogP contribution in [0.25, 0.3) is 96.0 Å². The van der Waals surface area contributed by atoms with Gasteiger partial charge in [-0.3, -0.25) is 0 Å². The lowest BCUT2D eigenvalue weighted by atomic mass is 9.89. The van der Waals surface area contributed by atoms with Gasteiger partial charge in [0, 0.05) is 40.3 Å². The molecular formula is C48H30S2. The molecule has 0 radical (unpaired) electrons. The minimum atomic E-state index is 1.21. The van der Waals surface area contributed by atoms with E-state index in [2.05, 4.69) is 182 Å². The second-order valence-electron chi connectivity index (χ2n) is 12.9. The van der Waals surface area contributed by atoms with E-state index in [9.17, 15) is 0 Å². The summed E-state index contributed by atoms with van der Waals surface area (Å²) >= 11 is 3.79. The maximum Gasteiger partial charge on any atom is 0.0433 e. The molecule has 0 aliphatic heterocycles. The summed E-state index contributed by atoms with van der Waals surface area (Å²) in [6.45, 7) is 0. The lowest BCUT2D eigenvalue weighted by molar-refractivity contribution is 1.56. The van der Waals surface area contributed by atoms with Crippen LogP contribution in [0.1, 0.15) is 0 Å². The molecule has 8 aromatic carbocycles. The average Bonchev–Trinajstić information content (AvgIpc) is 3.77. The Kier molecular flexibility index (Phi) is 6.97. The number of rotatable bonds is 5. The fourth-order valence-corrected chi connectivity index (χ4v) is 9.92. The molecule has 2 aromatic heterocycles. The topological polar surface area (TPSA) is 0 Å². The van der Waals surface area contributed by atoms with Crippen LogP contribution in [0.4, 0.5) is 0 Å². The molecule has 50 heavy (non-hydrogen) atoms. The zero-order valence-electron chi connectivity index (χ0n) is 27.1. The van der Waals surface area contributed by atoms with Crippen molar-refractivity contribution in [3.63, 3.8) is 0 Å². The van der Waals surface area contributed by atoms with E-state index >= 15 is 0 Å². The Morgan fingerprint density at radius 3 is 1.04 bits per heavy atom. The lowest BCUT2D eigenvalue weighted by Crippen LogP contribution is -1.89. The van der Waals surface area contributed by atoms with Gasteiger partial charge in [0.25, 0.3) is 0 Å². The van der Waals surface area contributed by atoms with E-state index in [-0.39, 0.29) is 0 Å². The summed E-state index contributed by atoms with van der Waals surface area (Å²) in [6.07, 6.45) is 0. The summed E-state index contributed by atoms with van der Waals surface area (Å²) in [5.41, 5.74) is 12.3. The highest BCUT2D eigenvalue weighted by molar-refractivity contribution is 7.26. The Morgan fingerprint density at radius 1 is 0.240 bits per heavy atom. The molecule has 0 nitrogen and oxygen atoms in total. The van der Waals surface area contributed by atoms with Crippen LogP contribution in [0.15, 0.2) is 182 Å². The Labute approximate surface area is 299 Å². The van der Waals surface area contributed by atoms with Crippen LogP contribution >= 0.6 is 22.7 Å². The molecule has 0 spiro atoms. The van der Waals surface area contributed by atoms with Gasteiger partial charge < -0.3 is 0 Å². The molecule has 0 N–H and O–H groups in total. The van der Waals surface area contributed by atoms with Gasteiger partial charge in [0.05, 0.1) is 0 Å². The SMILES string of the molecule is c1ccc(-c2cc(-c3ccccc3)cc(-c3cc(-c4cccc5c4sc4ccccc45)cc(-c4cccc5c4sc4ccccc45)c3)c2)cc1. The van der Waals surface area contributed by atoms with Crippen molar-refractivity contribution in [2.75, 3.05) is 0 Å². The van der Waals surface area contributed by atoms with E-state index in [0.29, 0.717) is 0 Å². The molecule has 2 heterocycles. The summed E-state index contributed by atoms with van der Waals surface area (Å²) < 4.78 is 5.31. The number of hydrogen-bond acceptors (Lipinski definition) is 2. The Bertz CT molecular complexity index is 2670. The number of benzene rings is 8. The van der Waals surface area contributed by atoms with Gasteiger partial charge in [-0.25, -0.2) is 0 Å². The Hall–Kier alpha value is -5.80. The number of thiophene rings is 2. The highest BCUT2D eigenvalue weighted by atomic mass is 32.1. The monoisotopic (exact) mass is 670 g/mol. The first-order chi connectivity index (χ1) is 24.8. The van der Waals surface area contributed by atoms with Gasteiger partial charge in [0.1, 0.15) is 0 Å². The van der Waals surface area contributed by atoms with E-state index in [0.717, 1.165) is 0 Å². The molecule has 0 aliphatic rings. The van der Waals surface area contributed by atoms with E-state index in [1.165, 1.54) is 96.0 Å². The predicted octanol–water partition coefficient (Wildman–Crippen LogP) is 14.8. The highest BCUT2D eigenvalue weighted by Crippen LogP contribution is 2.45. The fourth-order valence-electron chi connectivity index (χ4n) is 7.44. The van der Waals surface area contributed by atoms with Crippen LogP contribution in [0.2, 0.25) is 0 Å². The first-order valence-corrected chi connectivity index (χ1v) is 18.6. The second-order valence-corrected chi connectivity index (χ2v) is 15.0. The van der Waals surface area contributed by atoms with Crippen molar-refractivity contribution in [1.29, 1.82) is 0 Å². The zero-order valence-corrected chi connectivity index (χ0v) is 28.8. The van der Waals surface area contributed by atoms with Gasteiger partial charge in [-0.1, -0.05) is 133 Å². The van der Waals surface area contributed by atoms with Gasteiger partial charge in [0.2, 0.25) is 0 Å². The summed E-state index contributed by atoms with van der Waals surface area (Å²) in [5, 5.41) is 5.28. The van der Waals surface area contributed by atoms with Crippen LogP contribution in [0.3, 0.4) is 0 Å². The van der Waals surface area contributed by atoms with Crippen LogP contribution in [0.5, 0.6) is 0 Å². The summed E-state index contributed by atoms with van der Waals surface area (Å²) in [7, 11) is 0. The Morgan fingerprint density at radius 2 is 0.580 bits per heavy atom. The van der Waals surface area contributed by atoms with E-state index in [1.54, 1.807) is 0 Å². The molecule has 10 rings (SSSR count). The smallest absolute Gasteiger partial charge is 0.0433 e. The fraction of sp³-hybridized carbons (Fsp3) is 0. The van der Waals surface area contributed by atoms with Crippen molar-refractivity contribution in [2.24, 2.45) is 0 Å². The highest BCUT2D eigenvalue weighted by Gasteiger charge is 2.17. The number of fused-ring (bicyclic) bond motifs is 6. The lowest BCUT2D eigenvalue weighted by Gasteiger charge is -2.15. The summed E-state index contributed by atoms with van der Waals surface area (Å²) in [5.74, 6) is 0. The van der Waals surface area contributed by atoms with Gasteiger partial charge >= 0.3 is 0 Å². The van der Waals surface area contributed by atoms with Crippen LogP contribution in [-0.4, -0.2) is 0 Å². The summed E-state index contributed by atoms with van der Waals surface area (Å²) in [6, 6.07) is 67.0. The molecule has 0 unspecified atom stereocenters. The summed E-state index contributed by atoms with van der Waals surface area (Å²) in [4.78, 5) is 0. The van der Waals surface area contributed by atoms with Crippen molar-refractivity contribution in [1.82, 2.24) is 0 Å². The van der Waals surface area contributed by atoms with Gasteiger partial charge in [0.15, 0.2) is 0 Å². The van der Waals surface area contributed by atoms with E-state index in [1.807, 2.05) is 22.7 Å². The van der Waals surface area contributed by atoms with Crippen molar-refractivity contribution in [3.05, 3.63) is 182 Å². The maximum atomic E-state index is 2.42. The predicted molar refractivity (Wildman–Crippen MR) is 219 cm³/mol. The zero-order chi connectivity index (χ0) is 33.0. The minimum absolute atomic E-state index is 1.21. The van der Waals surface area contributed by atoms with Gasteiger partial charge in [-0.2, -0.15) is 0 Å². The molecule has 0 atom stereocenters. The molecule has 234 valence electrons. The first-order valence-electron chi connectivity index (χ1n) is 17.0. The van der Waals surface area contributed by atoms with E-state index in [4.69, 9.17) is 0 Å². The van der Waals surface area contributed by atoms with Gasteiger partial charge in [-0.15, -0.1) is 22.7 Å². The number of hydrogen-bond donors (Lipinski definition) is 0. The quantitative estimate of drug-likeness (QED) is 0.171. The van der Waals surface area contributed by atoms with Crippen molar-refractivity contribution >= 4 is 63.0 Å². The van der Waals surface area contributed by atoms with Crippen molar-refractivity contribution < 1.29 is 0 Å². The molecule has 10 aromatic rings. The Balaban J connectivity index is 1.26.